The number of thiazole rings is 1. The Morgan fingerprint density at radius 2 is 1.74 bits per heavy atom. The van der Waals surface area contributed by atoms with Crippen molar-refractivity contribution >= 4 is 23.2 Å². The highest BCUT2D eigenvalue weighted by molar-refractivity contribution is 7.13. The zero-order valence-corrected chi connectivity index (χ0v) is 16.5. The highest BCUT2D eigenvalue weighted by Gasteiger charge is 2.27. The van der Waals surface area contributed by atoms with E-state index in [2.05, 4.69) is 11.9 Å². The molecule has 0 saturated carbocycles. The first-order valence-electron chi connectivity index (χ1n) is 9.25. The molecule has 0 radical (unpaired) electrons. The van der Waals surface area contributed by atoms with Gasteiger partial charge in [-0.05, 0) is 37.5 Å². The first kappa shape index (κ1) is 19.5. The number of carbonyl (C=O) groups excluding carboxylic acids is 2. The van der Waals surface area contributed by atoms with Gasteiger partial charge in [-0.2, -0.15) is 0 Å². The van der Waals surface area contributed by atoms with Gasteiger partial charge in [0.2, 0.25) is 5.91 Å². The van der Waals surface area contributed by atoms with Crippen molar-refractivity contribution in [3.05, 3.63) is 51.2 Å². The summed E-state index contributed by atoms with van der Waals surface area (Å²) in [6.45, 7) is 6.06. The number of hydrogen-bond acceptors (Lipinski definition) is 4. The molecule has 7 heteroatoms. The maximum atomic E-state index is 13.0. The summed E-state index contributed by atoms with van der Waals surface area (Å²) >= 11 is 1.48. The Balaban J connectivity index is 1.55. The summed E-state index contributed by atoms with van der Waals surface area (Å²) in [6, 6.07) is 5.99. The fourth-order valence-corrected chi connectivity index (χ4v) is 4.30. The second-order valence-electron chi connectivity index (χ2n) is 6.75. The molecule has 1 aromatic carbocycles. The van der Waals surface area contributed by atoms with E-state index in [1.165, 1.54) is 23.5 Å². The lowest BCUT2D eigenvalue weighted by molar-refractivity contribution is -0.131. The maximum Gasteiger partial charge on any atom is 0.265 e. The van der Waals surface area contributed by atoms with Gasteiger partial charge in [0.1, 0.15) is 10.7 Å². The summed E-state index contributed by atoms with van der Waals surface area (Å²) in [7, 11) is 0. The topological polar surface area (TPSA) is 53.5 Å². The van der Waals surface area contributed by atoms with E-state index in [-0.39, 0.29) is 24.1 Å². The Hall–Kier alpha value is -2.28. The molecule has 0 spiro atoms. The van der Waals surface area contributed by atoms with Gasteiger partial charge >= 0.3 is 0 Å². The van der Waals surface area contributed by atoms with Gasteiger partial charge in [-0.15, -0.1) is 11.3 Å². The number of carbonyl (C=O) groups is 2. The molecule has 1 aromatic heterocycles. The lowest BCUT2D eigenvalue weighted by Gasteiger charge is -2.34. The predicted molar refractivity (Wildman–Crippen MR) is 103 cm³/mol. The fraction of sp³-hybridized carbons (Fsp3) is 0.450. The van der Waals surface area contributed by atoms with Crippen molar-refractivity contribution in [1.82, 2.24) is 14.8 Å². The van der Waals surface area contributed by atoms with Crippen LogP contribution in [0, 0.1) is 12.7 Å². The molecule has 2 aromatic rings. The normalized spacial score (nSPS) is 14.5. The van der Waals surface area contributed by atoms with Crippen LogP contribution >= 0.6 is 11.3 Å². The van der Waals surface area contributed by atoms with E-state index in [0.717, 1.165) is 29.1 Å². The first-order valence-corrected chi connectivity index (χ1v) is 10.1. The summed E-state index contributed by atoms with van der Waals surface area (Å²) in [5, 5.41) is 1.01. The monoisotopic (exact) mass is 389 g/mol. The third kappa shape index (κ3) is 4.71. The number of benzene rings is 1. The number of halogens is 1. The molecule has 0 N–H and O–H groups in total. The zero-order valence-electron chi connectivity index (χ0n) is 15.7. The van der Waals surface area contributed by atoms with Gasteiger partial charge in [0.25, 0.3) is 5.91 Å². The largest absolute Gasteiger partial charge is 0.339 e. The summed E-state index contributed by atoms with van der Waals surface area (Å²) in [4.78, 5) is 34.0. The van der Waals surface area contributed by atoms with Gasteiger partial charge in [-0.3, -0.25) is 9.59 Å². The van der Waals surface area contributed by atoms with Crippen LogP contribution in [0.3, 0.4) is 0 Å². The first-order chi connectivity index (χ1) is 13.0. The van der Waals surface area contributed by atoms with Gasteiger partial charge in [-0.1, -0.05) is 19.1 Å². The predicted octanol–water partition coefficient (Wildman–Crippen LogP) is 3.07. The summed E-state index contributed by atoms with van der Waals surface area (Å²) in [5.74, 6) is -0.287. The Bertz CT molecular complexity index is 811. The van der Waals surface area contributed by atoms with E-state index in [0.29, 0.717) is 31.1 Å². The van der Waals surface area contributed by atoms with Gasteiger partial charge in [-0.25, -0.2) is 9.37 Å². The highest BCUT2D eigenvalue weighted by Crippen LogP contribution is 2.22. The molecule has 0 atom stereocenters. The number of aromatic nitrogens is 1. The third-order valence-electron chi connectivity index (χ3n) is 4.69. The van der Waals surface area contributed by atoms with Gasteiger partial charge < -0.3 is 9.80 Å². The standard InChI is InChI=1S/C20H24FN3O2S/c1-3-4-17-22-14(2)19(27-17)20(26)24-11-9-23(10-12-24)18(25)13-15-5-7-16(21)8-6-15/h5-8H,3-4,9-13H2,1-2H3. The van der Waals surface area contributed by atoms with Crippen LogP contribution in [-0.4, -0.2) is 52.8 Å². The SMILES string of the molecule is CCCc1nc(C)c(C(=O)N2CCN(C(=O)Cc3ccc(F)cc3)CC2)s1. The number of piperazine rings is 1. The van der Waals surface area contributed by atoms with E-state index in [1.54, 1.807) is 21.9 Å². The van der Waals surface area contributed by atoms with Gasteiger partial charge in [0.15, 0.2) is 0 Å². The number of rotatable bonds is 5. The van der Waals surface area contributed by atoms with Crippen molar-refractivity contribution in [3.8, 4) is 0 Å². The van der Waals surface area contributed by atoms with Gasteiger partial charge in [0, 0.05) is 26.2 Å². The summed E-state index contributed by atoms with van der Waals surface area (Å²) in [6.07, 6.45) is 2.16. The van der Waals surface area contributed by atoms with Crippen LogP contribution in [0.15, 0.2) is 24.3 Å². The Morgan fingerprint density at radius 3 is 2.37 bits per heavy atom. The lowest BCUT2D eigenvalue weighted by atomic mass is 10.1. The fourth-order valence-electron chi connectivity index (χ4n) is 3.16. The summed E-state index contributed by atoms with van der Waals surface area (Å²) < 4.78 is 13.0. The second kappa shape index (κ2) is 8.61. The Kier molecular flexibility index (Phi) is 6.21. The molecule has 2 heterocycles. The number of nitrogens with zero attached hydrogens (tertiary/aromatic N) is 3. The van der Waals surface area contributed by atoms with Crippen LogP contribution in [0.1, 0.15) is 39.3 Å². The summed E-state index contributed by atoms with van der Waals surface area (Å²) in [5.41, 5.74) is 1.59. The quantitative estimate of drug-likeness (QED) is 0.790. The maximum absolute atomic E-state index is 13.0. The zero-order chi connectivity index (χ0) is 19.4. The molecule has 144 valence electrons. The molecule has 0 bridgehead atoms. The average molecular weight is 389 g/mol. The molecule has 0 aliphatic carbocycles. The minimum Gasteiger partial charge on any atom is -0.339 e. The number of hydrogen-bond donors (Lipinski definition) is 0. The molecule has 27 heavy (non-hydrogen) atoms. The van der Waals surface area contributed by atoms with Crippen LogP contribution < -0.4 is 0 Å². The van der Waals surface area contributed by atoms with Crippen molar-refractivity contribution in [3.63, 3.8) is 0 Å². The molecular formula is C20H24FN3O2S. The van der Waals surface area contributed by atoms with Crippen molar-refractivity contribution in [2.45, 2.75) is 33.1 Å². The molecule has 1 fully saturated rings. The average Bonchev–Trinajstić information content (AvgIpc) is 3.03. The molecule has 5 nitrogen and oxygen atoms in total. The van der Waals surface area contributed by atoms with Crippen LogP contribution in [0.5, 0.6) is 0 Å². The van der Waals surface area contributed by atoms with Crippen molar-refractivity contribution in [2.75, 3.05) is 26.2 Å². The van der Waals surface area contributed by atoms with E-state index >= 15 is 0 Å². The van der Waals surface area contributed by atoms with Crippen LogP contribution in [-0.2, 0) is 17.6 Å². The minimum absolute atomic E-state index is 0.00732. The van der Waals surface area contributed by atoms with Crippen molar-refractivity contribution < 1.29 is 14.0 Å². The van der Waals surface area contributed by atoms with E-state index < -0.39 is 0 Å². The van der Waals surface area contributed by atoms with E-state index in [1.807, 2.05) is 6.92 Å². The third-order valence-corrected chi connectivity index (χ3v) is 5.89. The minimum atomic E-state index is -0.307. The molecule has 0 unspecified atom stereocenters. The molecule has 1 aliphatic heterocycles. The lowest BCUT2D eigenvalue weighted by Crippen LogP contribution is -2.51. The number of aryl methyl sites for hydroxylation is 2. The molecule has 1 aliphatic rings. The highest BCUT2D eigenvalue weighted by atomic mass is 32.1. The van der Waals surface area contributed by atoms with E-state index in [4.69, 9.17) is 0 Å². The molecule has 3 rings (SSSR count). The van der Waals surface area contributed by atoms with Crippen LogP contribution in [0.2, 0.25) is 0 Å². The second-order valence-corrected chi connectivity index (χ2v) is 7.83. The molecular weight excluding hydrogens is 365 g/mol. The molecule has 2 amide bonds. The smallest absolute Gasteiger partial charge is 0.265 e. The Morgan fingerprint density at radius 1 is 1.11 bits per heavy atom. The molecule has 1 saturated heterocycles. The van der Waals surface area contributed by atoms with Gasteiger partial charge in [0.05, 0.1) is 17.1 Å². The van der Waals surface area contributed by atoms with Crippen LogP contribution in [0.25, 0.3) is 0 Å². The Labute approximate surface area is 162 Å². The van der Waals surface area contributed by atoms with Crippen molar-refractivity contribution in [2.24, 2.45) is 0 Å². The number of amides is 2. The van der Waals surface area contributed by atoms with Crippen LogP contribution in [0.4, 0.5) is 4.39 Å². The van der Waals surface area contributed by atoms with E-state index in [9.17, 15) is 14.0 Å². The van der Waals surface area contributed by atoms with Crippen molar-refractivity contribution in [1.29, 1.82) is 0 Å².